The average Bonchev–Trinajstić information content (AvgIpc) is 3.06. The van der Waals surface area contributed by atoms with Crippen LogP contribution in [0.4, 0.5) is 0 Å². The molecule has 0 saturated heterocycles. The molecule has 6 nitrogen and oxygen atoms in total. The summed E-state index contributed by atoms with van der Waals surface area (Å²) >= 11 is 0. The Labute approximate surface area is 129 Å². The van der Waals surface area contributed by atoms with Gasteiger partial charge in [0.2, 0.25) is 5.16 Å². The molecule has 22 heavy (non-hydrogen) atoms. The highest BCUT2D eigenvalue weighted by Crippen LogP contribution is 2.11. The molecule has 110 valence electrons. The Kier molecular flexibility index (Phi) is 4.15. The first-order valence-electron chi connectivity index (χ1n) is 6.56. The third-order valence-electron chi connectivity index (χ3n) is 3.00. The van der Waals surface area contributed by atoms with E-state index in [0.29, 0.717) is 11.3 Å². The highest BCUT2D eigenvalue weighted by Gasteiger charge is 2.19. The lowest BCUT2D eigenvalue weighted by Crippen LogP contribution is -2.15. The molecule has 3 aromatic rings. The Bertz CT molecular complexity index is 803. The van der Waals surface area contributed by atoms with E-state index >= 15 is 0 Å². The molecule has 1 atom stereocenters. The molecule has 0 aliphatic carbocycles. The SMILES string of the molecule is O=C(CS(=O)c1nnnn1-c1ccccc1)c1ccccc1. The minimum Gasteiger partial charge on any atom is -0.293 e. The number of hydrogen-bond acceptors (Lipinski definition) is 5. The van der Waals surface area contributed by atoms with E-state index in [1.165, 1.54) is 4.68 Å². The number of carbonyl (C=O) groups excluding carboxylic acids is 1. The molecule has 3 rings (SSSR count). The van der Waals surface area contributed by atoms with E-state index < -0.39 is 10.8 Å². The maximum absolute atomic E-state index is 12.4. The quantitative estimate of drug-likeness (QED) is 0.669. The van der Waals surface area contributed by atoms with Crippen molar-refractivity contribution in [2.75, 3.05) is 5.75 Å². The van der Waals surface area contributed by atoms with Crippen LogP contribution < -0.4 is 0 Å². The zero-order chi connectivity index (χ0) is 15.4. The molecule has 1 aromatic heterocycles. The van der Waals surface area contributed by atoms with E-state index in [2.05, 4.69) is 15.5 Å². The number of ketones is 1. The fourth-order valence-corrected chi connectivity index (χ4v) is 2.94. The van der Waals surface area contributed by atoms with Gasteiger partial charge in [-0.3, -0.25) is 9.00 Å². The van der Waals surface area contributed by atoms with Gasteiger partial charge in [-0.25, -0.2) is 0 Å². The van der Waals surface area contributed by atoms with Crippen molar-refractivity contribution >= 4 is 16.6 Å². The van der Waals surface area contributed by atoms with E-state index in [1.54, 1.807) is 36.4 Å². The number of hydrogen-bond donors (Lipinski definition) is 0. The summed E-state index contributed by atoms with van der Waals surface area (Å²) in [5.74, 6) is -0.362. The van der Waals surface area contributed by atoms with Crippen LogP contribution in [0.15, 0.2) is 65.8 Å². The molecule has 0 aliphatic heterocycles. The minimum absolute atomic E-state index is 0.156. The third-order valence-corrected chi connectivity index (χ3v) is 4.19. The van der Waals surface area contributed by atoms with Crippen LogP contribution >= 0.6 is 0 Å². The molecule has 0 radical (unpaired) electrons. The summed E-state index contributed by atoms with van der Waals surface area (Å²) in [6.45, 7) is 0. The number of Topliss-reactive ketones (excluding diaryl/α,β-unsaturated/α-hetero) is 1. The molecule has 1 unspecified atom stereocenters. The van der Waals surface area contributed by atoms with Crippen molar-refractivity contribution < 1.29 is 9.00 Å². The van der Waals surface area contributed by atoms with E-state index in [1.807, 2.05) is 24.3 Å². The summed E-state index contributed by atoms with van der Waals surface area (Å²) in [5, 5.41) is 11.3. The van der Waals surface area contributed by atoms with Gasteiger partial charge in [-0.1, -0.05) is 53.6 Å². The van der Waals surface area contributed by atoms with Crippen molar-refractivity contribution in [3.63, 3.8) is 0 Å². The molecule has 0 saturated carbocycles. The zero-order valence-corrected chi connectivity index (χ0v) is 12.3. The second-order valence-corrected chi connectivity index (χ2v) is 5.83. The van der Waals surface area contributed by atoms with Gasteiger partial charge in [0, 0.05) is 5.56 Å². The number of para-hydroxylation sites is 1. The van der Waals surface area contributed by atoms with Gasteiger partial charge in [-0.15, -0.1) is 0 Å². The molecule has 2 aromatic carbocycles. The van der Waals surface area contributed by atoms with Crippen LogP contribution in [0, 0.1) is 0 Å². The topological polar surface area (TPSA) is 77.7 Å². The first-order valence-corrected chi connectivity index (χ1v) is 7.88. The highest BCUT2D eigenvalue weighted by atomic mass is 32.2. The smallest absolute Gasteiger partial charge is 0.244 e. The van der Waals surface area contributed by atoms with Crippen LogP contribution in [0.3, 0.4) is 0 Å². The normalized spacial score (nSPS) is 12.0. The van der Waals surface area contributed by atoms with Crippen molar-refractivity contribution in [1.82, 2.24) is 20.2 Å². The largest absolute Gasteiger partial charge is 0.293 e. The first kappa shape index (κ1) is 14.3. The van der Waals surface area contributed by atoms with Gasteiger partial charge in [0.25, 0.3) is 0 Å². The van der Waals surface area contributed by atoms with Gasteiger partial charge in [0.1, 0.15) is 10.8 Å². The van der Waals surface area contributed by atoms with Crippen LogP contribution in [-0.2, 0) is 10.8 Å². The second kappa shape index (κ2) is 6.40. The summed E-state index contributed by atoms with van der Waals surface area (Å²) in [4.78, 5) is 12.1. The standard InChI is InChI=1S/C15H12N4O2S/c20-14(12-7-3-1-4-8-12)11-22(21)15-16-17-18-19(15)13-9-5-2-6-10-13/h1-10H,11H2. The van der Waals surface area contributed by atoms with E-state index in [-0.39, 0.29) is 16.7 Å². The van der Waals surface area contributed by atoms with Crippen LogP contribution in [-0.4, -0.2) is 36.0 Å². The summed E-state index contributed by atoms with van der Waals surface area (Å²) in [6.07, 6.45) is 0. The van der Waals surface area contributed by atoms with Crippen molar-refractivity contribution in [3.05, 3.63) is 66.2 Å². The molecule has 0 bridgehead atoms. The average molecular weight is 312 g/mol. The molecule has 0 amide bonds. The Morgan fingerprint density at radius 3 is 2.32 bits per heavy atom. The maximum Gasteiger partial charge on any atom is 0.244 e. The second-order valence-electron chi connectivity index (χ2n) is 4.49. The minimum atomic E-state index is -1.62. The number of carbonyl (C=O) groups is 1. The van der Waals surface area contributed by atoms with Crippen LogP contribution in [0.2, 0.25) is 0 Å². The lowest BCUT2D eigenvalue weighted by Gasteiger charge is -2.04. The third kappa shape index (κ3) is 2.99. The number of benzene rings is 2. The van der Waals surface area contributed by atoms with Gasteiger partial charge in [-0.2, -0.15) is 4.68 Å². The van der Waals surface area contributed by atoms with E-state index in [9.17, 15) is 9.00 Å². The van der Waals surface area contributed by atoms with E-state index in [0.717, 1.165) is 0 Å². The molecule has 7 heteroatoms. The summed E-state index contributed by atoms with van der Waals surface area (Å²) in [5.41, 5.74) is 1.22. The van der Waals surface area contributed by atoms with Crippen molar-refractivity contribution in [2.24, 2.45) is 0 Å². The number of nitrogens with zero attached hydrogens (tertiary/aromatic N) is 4. The molecular weight excluding hydrogens is 300 g/mol. The fourth-order valence-electron chi connectivity index (χ4n) is 1.94. The summed E-state index contributed by atoms with van der Waals surface area (Å²) < 4.78 is 13.8. The lowest BCUT2D eigenvalue weighted by atomic mass is 10.2. The van der Waals surface area contributed by atoms with Crippen LogP contribution in [0.1, 0.15) is 10.4 Å². The molecule has 0 aliphatic rings. The zero-order valence-electron chi connectivity index (χ0n) is 11.5. The molecule has 1 heterocycles. The molecular formula is C15H12N4O2S. The molecule has 0 spiro atoms. The molecule has 0 N–H and O–H groups in total. The van der Waals surface area contributed by atoms with Crippen molar-refractivity contribution in [1.29, 1.82) is 0 Å². The predicted octanol–water partition coefficient (Wildman–Crippen LogP) is 1.65. The predicted molar refractivity (Wildman–Crippen MR) is 81.2 cm³/mol. The van der Waals surface area contributed by atoms with Crippen molar-refractivity contribution in [2.45, 2.75) is 5.16 Å². The van der Waals surface area contributed by atoms with E-state index in [4.69, 9.17) is 0 Å². The number of aromatic nitrogens is 4. The van der Waals surface area contributed by atoms with Gasteiger partial charge in [0.15, 0.2) is 5.78 Å². The van der Waals surface area contributed by atoms with Crippen LogP contribution in [0.25, 0.3) is 5.69 Å². The van der Waals surface area contributed by atoms with Gasteiger partial charge in [0.05, 0.1) is 11.4 Å². The van der Waals surface area contributed by atoms with Gasteiger partial charge < -0.3 is 0 Å². The highest BCUT2D eigenvalue weighted by molar-refractivity contribution is 7.85. The first-order chi connectivity index (χ1) is 10.8. The van der Waals surface area contributed by atoms with Crippen molar-refractivity contribution in [3.8, 4) is 5.69 Å². The Morgan fingerprint density at radius 2 is 1.64 bits per heavy atom. The number of tetrazole rings is 1. The maximum atomic E-state index is 12.4. The summed E-state index contributed by atoms with van der Waals surface area (Å²) in [6, 6.07) is 17.9. The molecule has 0 fully saturated rings. The number of rotatable bonds is 5. The van der Waals surface area contributed by atoms with Gasteiger partial charge in [-0.05, 0) is 22.6 Å². The lowest BCUT2D eigenvalue weighted by molar-refractivity contribution is 0.102. The van der Waals surface area contributed by atoms with Crippen LogP contribution in [0.5, 0.6) is 0 Å². The Hall–Kier alpha value is -2.67. The monoisotopic (exact) mass is 312 g/mol. The van der Waals surface area contributed by atoms with Gasteiger partial charge >= 0.3 is 0 Å². The Balaban J connectivity index is 1.82. The Morgan fingerprint density at radius 1 is 1.00 bits per heavy atom. The fraction of sp³-hybridized carbons (Fsp3) is 0.0667. The summed E-state index contributed by atoms with van der Waals surface area (Å²) in [7, 11) is -1.62.